The molecule has 3 unspecified atom stereocenters. The van der Waals surface area contributed by atoms with Crippen molar-refractivity contribution in [3.8, 4) is 0 Å². The molecule has 0 radical (unpaired) electrons. The van der Waals surface area contributed by atoms with Crippen molar-refractivity contribution in [2.45, 2.75) is 18.3 Å². The minimum atomic E-state index is -0.644. The summed E-state index contributed by atoms with van der Waals surface area (Å²) in [4.78, 5) is 20.4. The molecule has 12 heteroatoms. The maximum Gasteiger partial charge on any atom is 0.409 e. The van der Waals surface area contributed by atoms with Gasteiger partial charge in [-0.15, -0.1) is 0 Å². The third kappa shape index (κ3) is 13.1. The van der Waals surface area contributed by atoms with Gasteiger partial charge in [0.15, 0.2) is 0 Å². The molecule has 0 aromatic rings. The van der Waals surface area contributed by atoms with Crippen molar-refractivity contribution in [1.82, 2.24) is 19.6 Å². The van der Waals surface area contributed by atoms with Gasteiger partial charge in [0.2, 0.25) is 0 Å². The van der Waals surface area contributed by atoms with E-state index in [0.717, 1.165) is 0 Å². The zero-order chi connectivity index (χ0) is 25.3. The molecule has 3 N–H and O–H groups in total. The van der Waals surface area contributed by atoms with Crippen molar-refractivity contribution in [2.75, 3.05) is 120 Å². The first-order chi connectivity index (χ1) is 16.3. The lowest BCUT2D eigenvalue weighted by molar-refractivity contribution is 0.0123. The third-order valence-electron chi connectivity index (χ3n) is 5.75. The van der Waals surface area contributed by atoms with Gasteiger partial charge in [-0.2, -0.15) is 0 Å². The number of methoxy groups -OCH3 is 4. The molecule has 1 amide bonds. The highest BCUT2D eigenvalue weighted by Gasteiger charge is 2.22. The number of hydrogen-bond acceptors (Lipinski definition) is 11. The molecule has 202 valence electrons. The molecule has 1 fully saturated rings. The van der Waals surface area contributed by atoms with Crippen molar-refractivity contribution in [2.24, 2.45) is 0 Å². The summed E-state index contributed by atoms with van der Waals surface area (Å²) in [6.45, 7) is 6.55. The maximum atomic E-state index is 12.4. The zero-order valence-corrected chi connectivity index (χ0v) is 21.3. The number of ether oxygens (including phenoxy) is 4. The second-order valence-corrected chi connectivity index (χ2v) is 8.69. The van der Waals surface area contributed by atoms with E-state index in [0.29, 0.717) is 72.0 Å². The fourth-order valence-corrected chi connectivity index (χ4v) is 4.03. The number of nitrogens with zero attached hydrogens (tertiary/aromatic N) is 4. The van der Waals surface area contributed by atoms with Crippen LogP contribution in [0.4, 0.5) is 4.79 Å². The second-order valence-electron chi connectivity index (χ2n) is 8.69. The number of aliphatic hydroxyl groups is 3. The summed E-state index contributed by atoms with van der Waals surface area (Å²) in [5.41, 5.74) is 0. The predicted molar refractivity (Wildman–Crippen MR) is 127 cm³/mol. The molecular formula is C22H46N4O8. The molecule has 1 aliphatic rings. The van der Waals surface area contributed by atoms with Gasteiger partial charge in [0, 0.05) is 93.3 Å². The van der Waals surface area contributed by atoms with Gasteiger partial charge in [-0.05, 0) is 0 Å². The molecule has 12 nitrogen and oxygen atoms in total. The molecule has 1 heterocycles. The summed E-state index contributed by atoms with van der Waals surface area (Å²) in [6, 6.07) is 0. The van der Waals surface area contributed by atoms with Gasteiger partial charge in [0.05, 0.1) is 45.2 Å². The van der Waals surface area contributed by atoms with Crippen LogP contribution in [0.25, 0.3) is 0 Å². The highest BCUT2D eigenvalue weighted by molar-refractivity contribution is 5.67. The molecule has 0 aromatic heterocycles. The van der Waals surface area contributed by atoms with Gasteiger partial charge >= 0.3 is 6.09 Å². The standard InChI is InChI=1S/C22H46N4O8/c1-31-16-19(27)13-23-5-7-24(14-20(28)17-32-2)9-11-26(22(30)34-4)12-10-25(8-6-23)15-21(29)18-33-3/h19-21,27-29H,5-18H2,1-4H3. The first-order valence-corrected chi connectivity index (χ1v) is 11.8. The fourth-order valence-electron chi connectivity index (χ4n) is 4.03. The fraction of sp³-hybridized carbons (Fsp3) is 0.955. The second kappa shape index (κ2) is 18.2. The van der Waals surface area contributed by atoms with Gasteiger partial charge in [0.1, 0.15) is 0 Å². The molecule has 34 heavy (non-hydrogen) atoms. The van der Waals surface area contributed by atoms with Gasteiger partial charge in [-0.1, -0.05) is 0 Å². The third-order valence-corrected chi connectivity index (χ3v) is 5.75. The Morgan fingerprint density at radius 3 is 1.18 bits per heavy atom. The van der Waals surface area contributed by atoms with Crippen LogP contribution in [0.3, 0.4) is 0 Å². The van der Waals surface area contributed by atoms with Crippen LogP contribution in [0.15, 0.2) is 0 Å². The van der Waals surface area contributed by atoms with Crippen molar-refractivity contribution < 1.29 is 39.1 Å². The normalized spacial score (nSPS) is 20.9. The number of amides is 1. The topological polar surface area (TPSA) is 128 Å². The quantitative estimate of drug-likeness (QED) is 0.279. The lowest BCUT2D eigenvalue weighted by atomic mass is 10.2. The van der Waals surface area contributed by atoms with Crippen LogP contribution in [-0.2, 0) is 18.9 Å². The van der Waals surface area contributed by atoms with Crippen molar-refractivity contribution >= 4 is 6.09 Å². The minimum absolute atomic E-state index is 0.228. The zero-order valence-electron chi connectivity index (χ0n) is 21.3. The molecule has 0 aliphatic carbocycles. The first kappa shape index (κ1) is 30.9. The molecule has 0 aromatic carbocycles. The Balaban J connectivity index is 2.98. The number of β-amino-alcohol motifs (C(OH)–C–C–N with tert-alkyl or cyclic N) is 3. The van der Waals surface area contributed by atoms with Gasteiger partial charge in [-0.25, -0.2) is 4.79 Å². The Bertz CT molecular complexity index is 503. The minimum Gasteiger partial charge on any atom is -0.453 e. The Morgan fingerprint density at radius 2 is 0.912 bits per heavy atom. The van der Waals surface area contributed by atoms with E-state index in [1.807, 2.05) is 0 Å². The Labute approximate surface area is 203 Å². The largest absolute Gasteiger partial charge is 0.453 e. The molecule has 0 spiro atoms. The van der Waals surface area contributed by atoms with Gasteiger partial charge in [0.25, 0.3) is 0 Å². The van der Waals surface area contributed by atoms with E-state index in [1.165, 1.54) is 7.11 Å². The summed E-state index contributed by atoms with van der Waals surface area (Å²) in [5, 5.41) is 30.9. The molecule has 0 bridgehead atoms. The van der Waals surface area contributed by atoms with Crippen molar-refractivity contribution in [3.63, 3.8) is 0 Å². The Hall–Kier alpha value is -1.09. The Morgan fingerprint density at radius 1 is 0.618 bits per heavy atom. The summed E-state index contributed by atoms with van der Waals surface area (Å²) in [6.07, 6.45) is -2.31. The highest BCUT2D eigenvalue weighted by atomic mass is 16.5. The molecule has 0 saturated carbocycles. The Kier molecular flexibility index (Phi) is 16.6. The SMILES string of the molecule is COCC(O)CN1CCN(CC(O)COC)CCN(C(=O)OC)CCN(CC(O)COC)CC1. The van der Waals surface area contributed by atoms with E-state index in [-0.39, 0.29) is 19.8 Å². The van der Waals surface area contributed by atoms with Crippen LogP contribution in [0, 0.1) is 0 Å². The van der Waals surface area contributed by atoms with Crippen LogP contribution >= 0.6 is 0 Å². The van der Waals surface area contributed by atoms with E-state index in [4.69, 9.17) is 18.9 Å². The van der Waals surface area contributed by atoms with Crippen LogP contribution in [0.2, 0.25) is 0 Å². The summed E-state index contributed by atoms with van der Waals surface area (Å²) >= 11 is 0. The van der Waals surface area contributed by atoms with Gasteiger partial charge < -0.3 is 39.2 Å². The molecule has 1 rings (SSSR count). The van der Waals surface area contributed by atoms with E-state index in [1.54, 1.807) is 26.2 Å². The first-order valence-electron chi connectivity index (χ1n) is 11.8. The number of carbonyl (C=O) groups is 1. The van der Waals surface area contributed by atoms with Crippen molar-refractivity contribution in [3.05, 3.63) is 0 Å². The van der Waals surface area contributed by atoms with Gasteiger partial charge in [-0.3, -0.25) is 14.7 Å². The molecule has 1 aliphatic heterocycles. The summed E-state index contributed by atoms with van der Waals surface area (Å²) < 4.78 is 20.2. The number of hydrogen-bond donors (Lipinski definition) is 3. The summed E-state index contributed by atoms with van der Waals surface area (Å²) in [5.74, 6) is 0. The average Bonchev–Trinajstić information content (AvgIpc) is 2.79. The van der Waals surface area contributed by atoms with Crippen LogP contribution in [-0.4, -0.2) is 180 Å². The van der Waals surface area contributed by atoms with Crippen LogP contribution < -0.4 is 0 Å². The summed E-state index contributed by atoms with van der Waals surface area (Å²) in [7, 11) is 6.02. The smallest absolute Gasteiger partial charge is 0.409 e. The average molecular weight is 495 g/mol. The number of carbonyl (C=O) groups excluding carboxylic acids is 1. The molecule has 1 saturated heterocycles. The molecular weight excluding hydrogens is 448 g/mol. The van der Waals surface area contributed by atoms with E-state index in [2.05, 4.69) is 14.7 Å². The van der Waals surface area contributed by atoms with Crippen LogP contribution in [0.5, 0.6) is 0 Å². The number of aliphatic hydroxyl groups excluding tert-OH is 3. The van der Waals surface area contributed by atoms with E-state index < -0.39 is 24.4 Å². The lowest BCUT2D eigenvalue weighted by Gasteiger charge is -2.35. The molecule has 3 atom stereocenters. The number of rotatable bonds is 12. The van der Waals surface area contributed by atoms with Crippen molar-refractivity contribution in [1.29, 1.82) is 0 Å². The monoisotopic (exact) mass is 494 g/mol. The lowest BCUT2D eigenvalue weighted by Crippen LogP contribution is -2.50. The van der Waals surface area contributed by atoms with Crippen LogP contribution in [0.1, 0.15) is 0 Å². The van der Waals surface area contributed by atoms with E-state index in [9.17, 15) is 20.1 Å². The highest BCUT2D eigenvalue weighted by Crippen LogP contribution is 2.05. The van der Waals surface area contributed by atoms with E-state index >= 15 is 0 Å². The predicted octanol–water partition coefficient (Wildman–Crippen LogP) is -2.00. The maximum absolute atomic E-state index is 12.4.